The third kappa shape index (κ3) is 2.60. The van der Waals surface area contributed by atoms with Gasteiger partial charge in [0.25, 0.3) is 0 Å². The molecule has 0 unspecified atom stereocenters. The summed E-state index contributed by atoms with van der Waals surface area (Å²) in [5, 5.41) is 7.73. The summed E-state index contributed by atoms with van der Waals surface area (Å²) < 4.78 is 0. The molecule has 2 rings (SSSR count). The highest BCUT2D eigenvalue weighted by Crippen LogP contribution is 2.29. The van der Waals surface area contributed by atoms with E-state index in [2.05, 4.69) is 24.0 Å². The zero-order valence-electron chi connectivity index (χ0n) is 11.6. The largest absolute Gasteiger partial charge is 0.384 e. The third-order valence-corrected chi connectivity index (χ3v) is 3.28. The highest BCUT2D eigenvalue weighted by Gasteiger charge is 2.12. The van der Waals surface area contributed by atoms with E-state index in [0.29, 0.717) is 0 Å². The van der Waals surface area contributed by atoms with Crippen LogP contribution in [0.3, 0.4) is 0 Å². The first-order valence-corrected chi connectivity index (χ1v) is 6.25. The molecule has 3 nitrogen and oxygen atoms in total. The molecule has 0 aromatic heterocycles. The number of nitrogen functional groups attached to an aromatic ring is 1. The molecule has 0 radical (unpaired) electrons. The van der Waals surface area contributed by atoms with Gasteiger partial charge < -0.3 is 10.6 Å². The Labute approximate surface area is 114 Å². The van der Waals surface area contributed by atoms with Gasteiger partial charge in [0.1, 0.15) is 5.84 Å². The van der Waals surface area contributed by atoms with Crippen LogP contribution >= 0.6 is 0 Å². The topological polar surface area (TPSA) is 53.1 Å². The first-order chi connectivity index (χ1) is 9.00. The van der Waals surface area contributed by atoms with E-state index in [-0.39, 0.29) is 5.84 Å². The number of para-hydroxylation sites is 1. The molecular weight excluding hydrogens is 234 g/mol. The molecule has 0 bridgehead atoms. The SMILES string of the molecule is Cc1ccc(N(C)c2ccccc2C)c(C(=N)N)c1. The van der Waals surface area contributed by atoms with Crippen LogP contribution in [-0.2, 0) is 0 Å². The van der Waals surface area contributed by atoms with Gasteiger partial charge in [0.2, 0.25) is 0 Å². The molecule has 0 aliphatic heterocycles. The molecule has 3 heteroatoms. The van der Waals surface area contributed by atoms with Crippen molar-refractivity contribution in [2.75, 3.05) is 11.9 Å². The Kier molecular flexibility index (Phi) is 3.56. The second kappa shape index (κ2) is 5.14. The second-order valence-corrected chi connectivity index (χ2v) is 4.78. The first kappa shape index (κ1) is 13.1. The van der Waals surface area contributed by atoms with Gasteiger partial charge in [-0.25, -0.2) is 0 Å². The molecule has 0 aliphatic carbocycles. The number of benzene rings is 2. The van der Waals surface area contributed by atoms with Gasteiger partial charge in [0.05, 0.1) is 5.69 Å². The van der Waals surface area contributed by atoms with E-state index >= 15 is 0 Å². The Balaban J connectivity index is 2.53. The van der Waals surface area contributed by atoms with Crippen LogP contribution in [0.5, 0.6) is 0 Å². The lowest BCUT2D eigenvalue weighted by Gasteiger charge is -2.24. The predicted octanol–water partition coefficient (Wildman–Crippen LogP) is 3.36. The van der Waals surface area contributed by atoms with Crippen molar-refractivity contribution in [3.05, 3.63) is 59.2 Å². The van der Waals surface area contributed by atoms with Gasteiger partial charge >= 0.3 is 0 Å². The number of nitrogens with zero attached hydrogens (tertiary/aromatic N) is 1. The van der Waals surface area contributed by atoms with Crippen LogP contribution in [0.2, 0.25) is 0 Å². The predicted molar refractivity (Wildman–Crippen MR) is 81.4 cm³/mol. The number of aryl methyl sites for hydroxylation is 2. The highest BCUT2D eigenvalue weighted by molar-refractivity contribution is 6.01. The highest BCUT2D eigenvalue weighted by atomic mass is 15.1. The third-order valence-electron chi connectivity index (χ3n) is 3.28. The fourth-order valence-corrected chi connectivity index (χ4v) is 2.23. The van der Waals surface area contributed by atoms with Crippen LogP contribution < -0.4 is 10.6 Å². The van der Waals surface area contributed by atoms with E-state index in [0.717, 1.165) is 22.5 Å². The van der Waals surface area contributed by atoms with E-state index < -0.39 is 0 Å². The van der Waals surface area contributed by atoms with Crippen LogP contribution in [0.1, 0.15) is 16.7 Å². The van der Waals surface area contributed by atoms with Gasteiger partial charge in [-0.1, -0.05) is 29.8 Å². The summed E-state index contributed by atoms with van der Waals surface area (Å²) in [5.41, 5.74) is 10.8. The fraction of sp³-hybridized carbons (Fsp3) is 0.188. The van der Waals surface area contributed by atoms with Gasteiger partial charge in [-0.15, -0.1) is 0 Å². The maximum atomic E-state index is 7.73. The van der Waals surface area contributed by atoms with Gasteiger partial charge in [-0.2, -0.15) is 0 Å². The van der Waals surface area contributed by atoms with E-state index in [9.17, 15) is 0 Å². The van der Waals surface area contributed by atoms with Crippen LogP contribution in [0.25, 0.3) is 0 Å². The molecule has 0 saturated heterocycles. The molecule has 3 N–H and O–H groups in total. The lowest BCUT2D eigenvalue weighted by Crippen LogP contribution is -2.19. The molecule has 2 aromatic carbocycles. The van der Waals surface area contributed by atoms with Crippen molar-refractivity contribution in [1.29, 1.82) is 5.41 Å². The lowest BCUT2D eigenvalue weighted by molar-refractivity contribution is 1.17. The Bertz CT molecular complexity index is 617. The molecule has 98 valence electrons. The Morgan fingerprint density at radius 2 is 1.74 bits per heavy atom. The van der Waals surface area contributed by atoms with Crippen molar-refractivity contribution in [3.8, 4) is 0 Å². The summed E-state index contributed by atoms with van der Waals surface area (Å²) in [6.07, 6.45) is 0. The summed E-state index contributed by atoms with van der Waals surface area (Å²) in [7, 11) is 2.00. The molecule has 0 fully saturated rings. The molecule has 19 heavy (non-hydrogen) atoms. The molecule has 0 saturated carbocycles. The van der Waals surface area contributed by atoms with Gasteiger partial charge in [0.15, 0.2) is 0 Å². The van der Waals surface area contributed by atoms with Gasteiger partial charge in [0, 0.05) is 18.3 Å². The van der Waals surface area contributed by atoms with E-state index in [1.165, 1.54) is 5.56 Å². The number of nitrogens with one attached hydrogen (secondary N) is 1. The van der Waals surface area contributed by atoms with E-state index in [4.69, 9.17) is 11.1 Å². The number of hydrogen-bond acceptors (Lipinski definition) is 2. The standard InChI is InChI=1S/C16H19N3/c1-11-8-9-15(13(10-11)16(17)18)19(3)14-7-5-4-6-12(14)2/h4-10H,1-3H3,(H3,17,18). The van der Waals surface area contributed by atoms with Crippen LogP contribution in [0.15, 0.2) is 42.5 Å². The quantitative estimate of drug-likeness (QED) is 0.651. The molecule has 0 aliphatic rings. The summed E-state index contributed by atoms with van der Waals surface area (Å²) in [5.74, 6) is 0.0964. The molecular formula is C16H19N3. The van der Waals surface area contributed by atoms with Crippen molar-refractivity contribution in [2.45, 2.75) is 13.8 Å². The number of nitrogens with two attached hydrogens (primary N) is 1. The van der Waals surface area contributed by atoms with Crippen molar-refractivity contribution in [2.24, 2.45) is 5.73 Å². The van der Waals surface area contributed by atoms with Gasteiger partial charge in [-0.05, 0) is 37.6 Å². The first-order valence-electron chi connectivity index (χ1n) is 6.25. The number of rotatable bonds is 3. The molecule has 0 spiro atoms. The maximum Gasteiger partial charge on any atom is 0.124 e. The number of anilines is 2. The average Bonchev–Trinajstić information content (AvgIpc) is 2.38. The summed E-state index contributed by atoms with van der Waals surface area (Å²) in [4.78, 5) is 2.07. The van der Waals surface area contributed by atoms with Crippen molar-refractivity contribution in [3.63, 3.8) is 0 Å². The Morgan fingerprint density at radius 1 is 1.05 bits per heavy atom. The van der Waals surface area contributed by atoms with Crippen molar-refractivity contribution in [1.82, 2.24) is 0 Å². The monoisotopic (exact) mass is 253 g/mol. The lowest BCUT2D eigenvalue weighted by atomic mass is 10.1. The Hall–Kier alpha value is -2.29. The van der Waals surface area contributed by atoms with Crippen molar-refractivity contribution < 1.29 is 0 Å². The minimum atomic E-state index is 0.0964. The Morgan fingerprint density at radius 3 is 2.37 bits per heavy atom. The fourth-order valence-electron chi connectivity index (χ4n) is 2.23. The molecule has 0 heterocycles. The van der Waals surface area contributed by atoms with Crippen LogP contribution in [0, 0.1) is 19.3 Å². The van der Waals surface area contributed by atoms with Crippen LogP contribution in [-0.4, -0.2) is 12.9 Å². The molecule has 0 amide bonds. The molecule has 0 atom stereocenters. The second-order valence-electron chi connectivity index (χ2n) is 4.78. The smallest absolute Gasteiger partial charge is 0.124 e. The molecule has 2 aromatic rings. The number of hydrogen-bond donors (Lipinski definition) is 2. The minimum Gasteiger partial charge on any atom is -0.384 e. The van der Waals surface area contributed by atoms with E-state index in [1.807, 2.05) is 44.3 Å². The van der Waals surface area contributed by atoms with Gasteiger partial charge in [-0.3, -0.25) is 5.41 Å². The minimum absolute atomic E-state index is 0.0964. The maximum absolute atomic E-state index is 7.73. The van der Waals surface area contributed by atoms with Crippen molar-refractivity contribution >= 4 is 17.2 Å². The average molecular weight is 253 g/mol. The van der Waals surface area contributed by atoms with Crippen LogP contribution in [0.4, 0.5) is 11.4 Å². The zero-order valence-corrected chi connectivity index (χ0v) is 11.6. The van der Waals surface area contributed by atoms with E-state index in [1.54, 1.807) is 0 Å². The zero-order chi connectivity index (χ0) is 14.0. The normalized spacial score (nSPS) is 10.3. The number of amidine groups is 1. The summed E-state index contributed by atoms with van der Waals surface area (Å²) in [6.45, 7) is 4.08. The summed E-state index contributed by atoms with van der Waals surface area (Å²) >= 11 is 0. The summed E-state index contributed by atoms with van der Waals surface area (Å²) in [6, 6.07) is 14.2.